The van der Waals surface area contributed by atoms with E-state index in [2.05, 4.69) is 10.2 Å². The molecule has 0 atom stereocenters. The SMILES string of the molecule is Cc1cc(-c2ccc(S(=O)(=O)N3CCC(C(=O)N4CCC5(CC4)OCCO5)CC3)o2)n[nH]1. The van der Waals surface area contributed by atoms with Crippen molar-refractivity contribution >= 4 is 15.9 Å². The number of aromatic nitrogens is 2. The van der Waals surface area contributed by atoms with Crippen molar-refractivity contribution in [2.24, 2.45) is 5.92 Å². The van der Waals surface area contributed by atoms with Gasteiger partial charge in [-0.15, -0.1) is 0 Å². The minimum Gasteiger partial charge on any atom is -0.442 e. The number of hydrogen-bond acceptors (Lipinski definition) is 7. The second-order valence-corrected chi connectivity index (χ2v) is 10.5. The Hall–Kier alpha value is -2.21. The molecular formula is C21H28N4O6S. The maximum Gasteiger partial charge on any atom is 0.276 e. The van der Waals surface area contributed by atoms with Crippen molar-refractivity contribution < 1.29 is 27.1 Å². The van der Waals surface area contributed by atoms with Gasteiger partial charge in [-0.05, 0) is 38.0 Å². The number of nitrogens with one attached hydrogen (secondary N) is 1. The third kappa shape index (κ3) is 3.98. The summed E-state index contributed by atoms with van der Waals surface area (Å²) >= 11 is 0. The van der Waals surface area contributed by atoms with Crippen LogP contribution in [-0.4, -0.2) is 78.9 Å². The van der Waals surface area contributed by atoms with Crippen LogP contribution < -0.4 is 0 Å². The fourth-order valence-electron chi connectivity index (χ4n) is 4.72. The second-order valence-electron chi connectivity index (χ2n) is 8.67. The molecule has 3 aliphatic heterocycles. The van der Waals surface area contributed by atoms with Crippen molar-refractivity contribution in [3.63, 3.8) is 0 Å². The minimum absolute atomic E-state index is 0.101. The van der Waals surface area contributed by atoms with Gasteiger partial charge in [0.25, 0.3) is 10.0 Å². The Bertz CT molecular complexity index is 1070. The van der Waals surface area contributed by atoms with Gasteiger partial charge in [0, 0.05) is 50.6 Å². The molecule has 2 aromatic rings. The Balaban J connectivity index is 1.18. The highest BCUT2D eigenvalue weighted by Crippen LogP contribution is 2.33. The summed E-state index contributed by atoms with van der Waals surface area (Å²) in [5.74, 6) is -0.176. The van der Waals surface area contributed by atoms with Crippen LogP contribution in [0.15, 0.2) is 27.7 Å². The van der Waals surface area contributed by atoms with Gasteiger partial charge in [0.15, 0.2) is 11.5 Å². The molecule has 0 saturated carbocycles. The maximum atomic E-state index is 13.0. The highest BCUT2D eigenvalue weighted by molar-refractivity contribution is 7.89. The van der Waals surface area contributed by atoms with Crippen LogP contribution in [0.3, 0.4) is 0 Å². The molecule has 0 aromatic carbocycles. The third-order valence-corrected chi connectivity index (χ3v) is 8.36. The Morgan fingerprint density at radius 1 is 1.12 bits per heavy atom. The quantitative estimate of drug-likeness (QED) is 0.732. The average Bonchev–Trinajstić information content (AvgIpc) is 3.55. The predicted molar refractivity (Wildman–Crippen MR) is 113 cm³/mol. The number of sulfonamides is 1. The van der Waals surface area contributed by atoms with Crippen LogP contribution in [0.5, 0.6) is 0 Å². The second kappa shape index (κ2) is 8.29. The van der Waals surface area contributed by atoms with Gasteiger partial charge >= 0.3 is 0 Å². The standard InChI is InChI=1S/C21H28N4O6S/c1-15-14-17(23-22-15)18-2-3-19(31-18)32(27,28)25-8-4-16(5-9-25)20(26)24-10-6-21(7-11-24)29-12-13-30-21/h2-3,14,16H,4-13H2,1H3,(H,22,23). The van der Waals surface area contributed by atoms with Crippen molar-refractivity contribution in [3.05, 3.63) is 23.9 Å². The molecule has 3 fully saturated rings. The smallest absolute Gasteiger partial charge is 0.276 e. The van der Waals surface area contributed by atoms with Gasteiger partial charge in [0.1, 0.15) is 5.69 Å². The molecule has 174 valence electrons. The van der Waals surface area contributed by atoms with Crippen LogP contribution in [0.1, 0.15) is 31.4 Å². The molecule has 5 rings (SSSR count). The molecular weight excluding hydrogens is 436 g/mol. The number of carbonyl (C=O) groups is 1. The van der Waals surface area contributed by atoms with Gasteiger partial charge < -0.3 is 18.8 Å². The monoisotopic (exact) mass is 464 g/mol. The topological polar surface area (TPSA) is 118 Å². The lowest BCUT2D eigenvalue weighted by Gasteiger charge is -2.40. The van der Waals surface area contributed by atoms with Crippen LogP contribution in [0.25, 0.3) is 11.5 Å². The number of furan rings is 1. The third-order valence-electron chi connectivity index (χ3n) is 6.59. The zero-order valence-corrected chi connectivity index (χ0v) is 18.9. The molecule has 0 unspecified atom stereocenters. The van der Waals surface area contributed by atoms with E-state index in [1.54, 1.807) is 12.1 Å². The summed E-state index contributed by atoms with van der Waals surface area (Å²) in [4.78, 5) is 14.9. The van der Waals surface area contributed by atoms with Gasteiger partial charge in [0.05, 0.1) is 13.2 Å². The fourth-order valence-corrected chi connectivity index (χ4v) is 6.10. The Morgan fingerprint density at radius 3 is 2.44 bits per heavy atom. The first-order chi connectivity index (χ1) is 15.4. The highest BCUT2D eigenvalue weighted by atomic mass is 32.2. The van der Waals surface area contributed by atoms with Crippen molar-refractivity contribution in [1.82, 2.24) is 19.4 Å². The van der Waals surface area contributed by atoms with Crippen molar-refractivity contribution in [2.75, 3.05) is 39.4 Å². The summed E-state index contributed by atoms with van der Waals surface area (Å²) in [6.45, 7) is 4.89. The van der Waals surface area contributed by atoms with E-state index in [1.807, 2.05) is 11.8 Å². The first-order valence-corrected chi connectivity index (χ1v) is 12.5. The fraction of sp³-hybridized carbons (Fsp3) is 0.619. The maximum absolute atomic E-state index is 13.0. The van der Waals surface area contributed by atoms with E-state index in [0.717, 1.165) is 5.69 Å². The number of aryl methyl sites for hydroxylation is 1. The number of rotatable bonds is 4. The average molecular weight is 465 g/mol. The van der Waals surface area contributed by atoms with Crippen LogP contribution in [0.4, 0.5) is 0 Å². The summed E-state index contributed by atoms with van der Waals surface area (Å²) in [6.07, 6.45) is 2.36. The largest absolute Gasteiger partial charge is 0.442 e. The predicted octanol–water partition coefficient (Wildman–Crippen LogP) is 1.74. The summed E-state index contributed by atoms with van der Waals surface area (Å²) in [7, 11) is -3.76. The Morgan fingerprint density at radius 2 is 1.81 bits per heavy atom. The minimum atomic E-state index is -3.76. The number of hydrogen-bond donors (Lipinski definition) is 1. The van der Waals surface area contributed by atoms with E-state index in [4.69, 9.17) is 13.9 Å². The van der Waals surface area contributed by atoms with Gasteiger partial charge in [-0.1, -0.05) is 0 Å². The number of piperidine rings is 2. The normalized spacial score (nSPS) is 22.6. The van der Waals surface area contributed by atoms with Crippen molar-refractivity contribution in [1.29, 1.82) is 0 Å². The number of H-pyrrole nitrogens is 1. The van der Waals surface area contributed by atoms with E-state index < -0.39 is 15.8 Å². The van der Waals surface area contributed by atoms with Crippen molar-refractivity contribution in [2.45, 2.75) is 43.5 Å². The molecule has 0 bridgehead atoms. The molecule has 2 aromatic heterocycles. The number of amides is 1. The first kappa shape index (κ1) is 21.6. The van der Waals surface area contributed by atoms with E-state index in [1.165, 1.54) is 10.4 Å². The molecule has 0 aliphatic carbocycles. The number of carbonyl (C=O) groups excluding carboxylic acids is 1. The molecule has 0 radical (unpaired) electrons. The molecule has 5 heterocycles. The Labute approximate surface area is 186 Å². The molecule has 3 aliphatic rings. The number of likely N-dealkylation sites (tertiary alicyclic amines) is 1. The lowest BCUT2D eigenvalue weighted by molar-refractivity contribution is -0.188. The van der Waals surface area contributed by atoms with E-state index >= 15 is 0 Å². The zero-order valence-electron chi connectivity index (χ0n) is 18.1. The van der Waals surface area contributed by atoms with E-state index in [9.17, 15) is 13.2 Å². The van der Waals surface area contributed by atoms with Crippen LogP contribution >= 0.6 is 0 Å². The summed E-state index contributed by atoms with van der Waals surface area (Å²) in [5, 5.41) is 6.82. The van der Waals surface area contributed by atoms with Crippen LogP contribution in [-0.2, 0) is 24.3 Å². The first-order valence-electron chi connectivity index (χ1n) is 11.1. The lowest BCUT2D eigenvalue weighted by atomic mass is 9.94. The summed E-state index contributed by atoms with van der Waals surface area (Å²) in [6, 6.07) is 4.86. The van der Waals surface area contributed by atoms with Crippen molar-refractivity contribution in [3.8, 4) is 11.5 Å². The molecule has 32 heavy (non-hydrogen) atoms. The van der Waals surface area contributed by atoms with Crippen LogP contribution in [0.2, 0.25) is 0 Å². The molecule has 1 spiro atoms. The van der Waals surface area contributed by atoms with Gasteiger partial charge in [-0.3, -0.25) is 9.89 Å². The molecule has 11 heteroatoms. The van der Waals surface area contributed by atoms with Gasteiger partial charge in [-0.2, -0.15) is 9.40 Å². The van der Waals surface area contributed by atoms with Gasteiger partial charge in [-0.25, -0.2) is 8.42 Å². The van der Waals surface area contributed by atoms with Gasteiger partial charge in [0.2, 0.25) is 11.0 Å². The zero-order chi connectivity index (χ0) is 22.3. The number of ether oxygens (including phenoxy) is 2. The Kier molecular flexibility index (Phi) is 5.60. The van der Waals surface area contributed by atoms with E-state index in [-0.39, 0.29) is 16.9 Å². The number of nitrogens with zero attached hydrogens (tertiary/aromatic N) is 3. The van der Waals surface area contributed by atoms with E-state index in [0.29, 0.717) is 76.5 Å². The molecule has 1 amide bonds. The summed E-state index contributed by atoms with van der Waals surface area (Å²) < 4.78 is 44.6. The molecule has 3 saturated heterocycles. The van der Waals surface area contributed by atoms with Crippen LogP contribution in [0, 0.1) is 12.8 Å². The molecule has 10 nitrogen and oxygen atoms in total. The molecule has 1 N–H and O–H groups in total. The number of aromatic amines is 1. The highest BCUT2D eigenvalue weighted by Gasteiger charge is 2.42. The lowest BCUT2D eigenvalue weighted by Crippen LogP contribution is -2.50. The summed E-state index contributed by atoms with van der Waals surface area (Å²) in [5.41, 5.74) is 1.42.